The Balaban J connectivity index is 1.86. The van der Waals surface area contributed by atoms with Crippen LogP contribution in [0.3, 0.4) is 0 Å². The number of hydrogen-bond donors (Lipinski definition) is 1. The van der Waals surface area contributed by atoms with Gasteiger partial charge in [0, 0.05) is 6.04 Å². The van der Waals surface area contributed by atoms with E-state index < -0.39 is 0 Å². The first-order chi connectivity index (χ1) is 9.08. The van der Waals surface area contributed by atoms with Gasteiger partial charge in [0.2, 0.25) is 0 Å². The summed E-state index contributed by atoms with van der Waals surface area (Å²) >= 11 is 0. The van der Waals surface area contributed by atoms with Crippen molar-refractivity contribution in [1.82, 2.24) is 0 Å². The second-order valence-electron chi connectivity index (χ2n) is 6.73. The fraction of sp³-hybridized carbons (Fsp3) is 0.938. The highest BCUT2D eigenvalue weighted by atomic mass is 16.5. The molecule has 0 spiro atoms. The van der Waals surface area contributed by atoms with E-state index in [-0.39, 0.29) is 24.0 Å². The molecular formula is C16H29NO2. The third-order valence-corrected chi connectivity index (χ3v) is 5.21. The van der Waals surface area contributed by atoms with Crippen molar-refractivity contribution >= 4 is 5.97 Å². The molecule has 0 amide bonds. The van der Waals surface area contributed by atoms with Crippen molar-refractivity contribution in [1.29, 1.82) is 0 Å². The molecule has 2 aliphatic rings. The third-order valence-electron chi connectivity index (χ3n) is 5.21. The van der Waals surface area contributed by atoms with Crippen LogP contribution in [-0.2, 0) is 9.53 Å². The maximum atomic E-state index is 12.3. The van der Waals surface area contributed by atoms with E-state index in [2.05, 4.69) is 13.8 Å². The Bertz CT molecular complexity index is 305. The normalized spacial score (nSPS) is 40.5. The van der Waals surface area contributed by atoms with Crippen LogP contribution < -0.4 is 5.73 Å². The number of nitrogens with two attached hydrogens (primary N) is 1. The first kappa shape index (κ1) is 14.8. The van der Waals surface area contributed by atoms with Crippen molar-refractivity contribution < 1.29 is 9.53 Å². The lowest BCUT2D eigenvalue weighted by Gasteiger charge is -2.33. The molecular weight excluding hydrogens is 238 g/mol. The zero-order valence-corrected chi connectivity index (χ0v) is 12.4. The summed E-state index contributed by atoms with van der Waals surface area (Å²) in [5.74, 6) is 1.34. The molecule has 2 fully saturated rings. The van der Waals surface area contributed by atoms with Crippen LogP contribution in [-0.4, -0.2) is 18.1 Å². The summed E-state index contributed by atoms with van der Waals surface area (Å²) in [6.45, 7) is 4.56. The van der Waals surface area contributed by atoms with Crippen molar-refractivity contribution in [2.45, 2.75) is 77.4 Å². The number of esters is 1. The van der Waals surface area contributed by atoms with Crippen LogP contribution in [0.4, 0.5) is 0 Å². The summed E-state index contributed by atoms with van der Waals surface area (Å²) < 4.78 is 5.76. The second kappa shape index (κ2) is 6.74. The van der Waals surface area contributed by atoms with E-state index >= 15 is 0 Å². The maximum absolute atomic E-state index is 12.3. The van der Waals surface area contributed by atoms with E-state index in [9.17, 15) is 4.79 Å². The standard InChI is InChI=1S/C16H29NO2/c1-11-8-9-13(10-12(11)2)19-16(18)14-6-4-3-5-7-15(14)17/h11-15H,3-10,17H2,1-2H3. The fourth-order valence-electron chi connectivity index (χ4n) is 3.49. The highest BCUT2D eigenvalue weighted by Crippen LogP contribution is 2.32. The minimum Gasteiger partial charge on any atom is -0.462 e. The molecule has 19 heavy (non-hydrogen) atoms. The number of ether oxygens (including phenoxy) is 1. The van der Waals surface area contributed by atoms with Crippen LogP contribution in [0.25, 0.3) is 0 Å². The molecule has 0 aliphatic heterocycles. The largest absolute Gasteiger partial charge is 0.462 e. The predicted molar refractivity (Wildman–Crippen MR) is 76.6 cm³/mol. The smallest absolute Gasteiger partial charge is 0.310 e. The topological polar surface area (TPSA) is 52.3 Å². The third kappa shape index (κ3) is 3.95. The lowest BCUT2D eigenvalue weighted by Crippen LogP contribution is -2.38. The molecule has 0 bridgehead atoms. The highest BCUT2D eigenvalue weighted by molar-refractivity contribution is 5.73. The van der Waals surface area contributed by atoms with E-state index in [0.29, 0.717) is 5.92 Å². The molecule has 0 aromatic rings. The summed E-state index contributed by atoms with van der Waals surface area (Å²) in [6.07, 6.45) is 8.72. The van der Waals surface area contributed by atoms with E-state index in [1.165, 1.54) is 12.8 Å². The summed E-state index contributed by atoms with van der Waals surface area (Å²) in [4.78, 5) is 12.3. The number of carbonyl (C=O) groups is 1. The molecule has 2 N–H and O–H groups in total. The first-order valence-electron chi connectivity index (χ1n) is 8.04. The molecule has 0 radical (unpaired) electrons. The van der Waals surface area contributed by atoms with Crippen molar-refractivity contribution in [2.24, 2.45) is 23.5 Å². The van der Waals surface area contributed by atoms with E-state index in [1.54, 1.807) is 0 Å². The summed E-state index contributed by atoms with van der Waals surface area (Å²) in [5.41, 5.74) is 6.13. The van der Waals surface area contributed by atoms with Gasteiger partial charge in [-0.2, -0.15) is 0 Å². The Kier molecular flexibility index (Phi) is 5.26. The Labute approximate surface area is 117 Å². The van der Waals surface area contributed by atoms with Crippen LogP contribution in [0.15, 0.2) is 0 Å². The molecule has 3 nitrogen and oxygen atoms in total. The van der Waals surface area contributed by atoms with Crippen molar-refractivity contribution in [3.8, 4) is 0 Å². The van der Waals surface area contributed by atoms with Gasteiger partial charge in [0.1, 0.15) is 6.10 Å². The van der Waals surface area contributed by atoms with Crippen LogP contribution in [0.1, 0.15) is 65.2 Å². The van der Waals surface area contributed by atoms with Gasteiger partial charge in [0.25, 0.3) is 0 Å². The second-order valence-corrected chi connectivity index (χ2v) is 6.73. The molecule has 2 saturated carbocycles. The van der Waals surface area contributed by atoms with Gasteiger partial charge in [-0.15, -0.1) is 0 Å². The molecule has 0 saturated heterocycles. The van der Waals surface area contributed by atoms with E-state index in [1.807, 2.05) is 0 Å². The number of rotatable bonds is 2. The molecule has 2 rings (SSSR count). The lowest BCUT2D eigenvalue weighted by molar-refractivity contribution is -0.157. The summed E-state index contributed by atoms with van der Waals surface area (Å²) in [7, 11) is 0. The van der Waals surface area contributed by atoms with Gasteiger partial charge in [0.15, 0.2) is 0 Å². The lowest BCUT2D eigenvalue weighted by atomic mass is 9.80. The molecule has 5 unspecified atom stereocenters. The van der Waals surface area contributed by atoms with Gasteiger partial charge in [-0.25, -0.2) is 0 Å². The molecule has 0 aromatic carbocycles. The average Bonchev–Trinajstić information content (AvgIpc) is 2.58. The van der Waals surface area contributed by atoms with Gasteiger partial charge < -0.3 is 10.5 Å². The quantitative estimate of drug-likeness (QED) is 0.617. The van der Waals surface area contributed by atoms with Gasteiger partial charge >= 0.3 is 5.97 Å². The Morgan fingerprint density at radius 3 is 2.47 bits per heavy atom. The van der Waals surface area contributed by atoms with E-state index in [4.69, 9.17) is 10.5 Å². The van der Waals surface area contributed by atoms with Crippen molar-refractivity contribution in [2.75, 3.05) is 0 Å². The van der Waals surface area contributed by atoms with Crippen molar-refractivity contribution in [3.63, 3.8) is 0 Å². The Morgan fingerprint density at radius 2 is 1.74 bits per heavy atom. The minimum absolute atomic E-state index is 0.00920. The Morgan fingerprint density at radius 1 is 1.00 bits per heavy atom. The fourth-order valence-corrected chi connectivity index (χ4v) is 3.49. The SMILES string of the molecule is CC1CCC(OC(=O)C2CCCCCC2N)CC1C. The summed E-state index contributed by atoms with van der Waals surface area (Å²) in [5, 5.41) is 0. The number of hydrogen-bond acceptors (Lipinski definition) is 3. The van der Waals surface area contributed by atoms with Crippen molar-refractivity contribution in [3.05, 3.63) is 0 Å². The van der Waals surface area contributed by atoms with Crippen LogP contribution in [0.5, 0.6) is 0 Å². The minimum atomic E-state index is -0.0582. The first-order valence-corrected chi connectivity index (χ1v) is 8.04. The zero-order valence-electron chi connectivity index (χ0n) is 12.4. The predicted octanol–water partition coefficient (Wildman–Crippen LogP) is 3.26. The molecule has 0 heterocycles. The van der Waals surface area contributed by atoms with Crippen LogP contribution >= 0.6 is 0 Å². The molecule has 0 aromatic heterocycles. The summed E-state index contributed by atoms with van der Waals surface area (Å²) in [6, 6.07) is 0.00920. The average molecular weight is 267 g/mol. The van der Waals surface area contributed by atoms with E-state index in [0.717, 1.165) is 44.4 Å². The van der Waals surface area contributed by atoms with Gasteiger partial charge in [-0.05, 0) is 43.9 Å². The molecule has 2 aliphatic carbocycles. The van der Waals surface area contributed by atoms with Crippen LogP contribution in [0.2, 0.25) is 0 Å². The van der Waals surface area contributed by atoms with Crippen LogP contribution in [0, 0.1) is 17.8 Å². The van der Waals surface area contributed by atoms with Gasteiger partial charge in [0.05, 0.1) is 5.92 Å². The highest BCUT2D eigenvalue weighted by Gasteiger charge is 2.32. The van der Waals surface area contributed by atoms with Gasteiger partial charge in [-0.1, -0.05) is 33.1 Å². The molecule has 3 heteroatoms. The molecule has 5 atom stereocenters. The molecule has 110 valence electrons. The monoisotopic (exact) mass is 267 g/mol. The maximum Gasteiger partial charge on any atom is 0.310 e. The number of carbonyl (C=O) groups excluding carboxylic acids is 1. The Hall–Kier alpha value is -0.570. The zero-order chi connectivity index (χ0) is 13.8. The van der Waals surface area contributed by atoms with Gasteiger partial charge in [-0.3, -0.25) is 4.79 Å².